The molecule has 1 aliphatic heterocycles. The van der Waals surface area contributed by atoms with E-state index in [4.69, 9.17) is 0 Å². The van der Waals surface area contributed by atoms with Crippen LogP contribution in [0, 0.1) is 0 Å². The summed E-state index contributed by atoms with van der Waals surface area (Å²) >= 11 is 0. The first-order valence-corrected chi connectivity index (χ1v) is 3.90. The fourth-order valence-electron chi connectivity index (χ4n) is 1.14. The van der Waals surface area contributed by atoms with Crippen molar-refractivity contribution in [2.24, 2.45) is 5.10 Å². The molecule has 0 fully saturated rings. The van der Waals surface area contributed by atoms with Crippen LogP contribution in [0.2, 0.25) is 0 Å². The summed E-state index contributed by atoms with van der Waals surface area (Å²) in [7, 11) is 0. The van der Waals surface area contributed by atoms with Gasteiger partial charge in [0.25, 0.3) is 5.91 Å². The van der Waals surface area contributed by atoms with Crippen molar-refractivity contribution < 1.29 is 4.79 Å². The topological polar surface area (TPSA) is 58.5 Å². The number of rotatable bonds is 1. The molecule has 0 saturated heterocycles. The van der Waals surface area contributed by atoms with Gasteiger partial charge in [0.05, 0.1) is 12.6 Å². The van der Waals surface area contributed by atoms with Crippen molar-refractivity contribution in [2.75, 3.05) is 5.01 Å². The number of hydrogen-bond acceptors (Lipinski definition) is 4. The van der Waals surface area contributed by atoms with Crippen molar-refractivity contribution >= 4 is 17.4 Å². The van der Waals surface area contributed by atoms with E-state index in [2.05, 4.69) is 15.1 Å². The van der Waals surface area contributed by atoms with Crippen molar-refractivity contribution in [3.63, 3.8) is 0 Å². The van der Waals surface area contributed by atoms with Crippen molar-refractivity contribution in [3.8, 4) is 0 Å². The molecule has 1 amide bonds. The second kappa shape index (κ2) is 2.93. The third-order valence-electron chi connectivity index (χ3n) is 1.68. The fraction of sp³-hybridized carbons (Fsp3) is 0.250. The molecule has 0 bridgehead atoms. The molecule has 0 atom stereocenters. The zero-order valence-corrected chi connectivity index (χ0v) is 7.14. The lowest BCUT2D eigenvalue weighted by Crippen LogP contribution is -2.20. The Morgan fingerprint density at radius 2 is 2.31 bits per heavy atom. The van der Waals surface area contributed by atoms with E-state index >= 15 is 0 Å². The zero-order valence-electron chi connectivity index (χ0n) is 7.14. The minimum atomic E-state index is -0.0574. The Bertz CT molecular complexity index is 360. The quantitative estimate of drug-likeness (QED) is 0.629. The summed E-state index contributed by atoms with van der Waals surface area (Å²) in [4.78, 5) is 19.2. The SMILES string of the molecule is CC1=NN(c2cnccn2)C(=O)C1. The minimum absolute atomic E-state index is 0.0574. The number of carbonyl (C=O) groups excluding carboxylic acids is 1. The first kappa shape index (κ1) is 7.85. The van der Waals surface area contributed by atoms with Crippen LogP contribution in [0.25, 0.3) is 0 Å². The molecule has 0 aromatic carbocycles. The summed E-state index contributed by atoms with van der Waals surface area (Å²) in [5.74, 6) is 0.419. The van der Waals surface area contributed by atoms with E-state index in [1.165, 1.54) is 17.4 Å². The van der Waals surface area contributed by atoms with Gasteiger partial charge in [-0.05, 0) is 6.92 Å². The Morgan fingerprint density at radius 1 is 1.46 bits per heavy atom. The van der Waals surface area contributed by atoms with Crippen LogP contribution in [0.15, 0.2) is 23.7 Å². The monoisotopic (exact) mass is 176 g/mol. The predicted octanol–water partition coefficient (Wildman–Crippen LogP) is 0.589. The van der Waals surface area contributed by atoms with E-state index in [1.54, 1.807) is 6.20 Å². The predicted molar refractivity (Wildman–Crippen MR) is 47.2 cm³/mol. The molecule has 1 aliphatic rings. The van der Waals surface area contributed by atoms with Crippen molar-refractivity contribution in [1.29, 1.82) is 0 Å². The lowest BCUT2D eigenvalue weighted by Gasteiger charge is -2.08. The summed E-state index contributed by atoms with van der Waals surface area (Å²) in [6, 6.07) is 0. The van der Waals surface area contributed by atoms with Gasteiger partial charge < -0.3 is 0 Å². The zero-order chi connectivity index (χ0) is 9.26. The van der Waals surface area contributed by atoms with E-state index in [1.807, 2.05) is 6.92 Å². The van der Waals surface area contributed by atoms with E-state index in [-0.39, 0.29) is 5.91 Å². The lowest BCUT2D eigenvalue weighted by atomic mass is 10.3. The van der Waals surface area contributed by atoms with Crippen LogP contribution in [0.1, 0.15) is 13.3 Å². The molecule has 1 aromatic rings. The maximum absolute atomic E-state index is 11.3. The van der Waals surface area contributed by atoms with Crippen LogP contribution in [-0.4, -0.2) is 21.6 Å². The van der Waals surface area contributed by atoms with E-state index in [9.17, 15) is 4.79 Å². The summed E-state index contributed by atoms with van der Waals surface area (Å²) < 4.78 is 0. The molecular weight excluding hydrogens is 168 g/mol. The maximum atomic E-state index is 11.3. The molecule has 13 heavy (non-hydrogen) atoms. The molecule has 0 saturated carbocycles. The Balaban J connectivity index is 2.33. The number of nitrogens with zero attached hydrogens (tertiary/aromatic N) is 4. The molecule has 1 aromatic heterocycles. The molecule has 0 aliphatic carbocycles. The maximum Gasteiger partial charge on any atom is 0.254 e. The van der Waals surface area contributed by atoms with Crippen molar-refractivity contribution in [1.82, 2.24) is 9.97 Å². The van der Waals surface area contributed by atoms with Gasteiger partial charge in [-0.15, -0.1) is 0 Å². The fourth-order valence-corrected chi connectivity index (χ4v) is 1.14. The van der Waals surface area contributed by atoms with Gasteiger partial charge in [-0.1, -0.05) is 0 Å². The Kier molecular flexibility index (Phi) is 1.77. The molecule has 0 radical (unpaired) electrons. The number of amides is 1. The number of aromatic nitrogens is 2. The number of carbonyl (C=O) groups is 1. The second-order valence-corrected chi connectivity index (χ2v) is 2.78. The minimum Gasteiger partial charge on any atom is -0.272 e. The Morgan fingerprint density at radius 3 is 2.85 bits per heavy atom. The third-order valence-corrected chi connectivity index (χ3v) is 1.68. The Hall–Kier alpha value is -1.78. The highest BCUT2D eigenvalue weighted by atomic mass is 16.2. The number of anilines is 1. The van der Waals surface area contributed by atoms with Gasteiger partial charge >= 0.3 is 0 Å². The standard InChI is InChI=1S/C8H8N4O/c1-6-4-8(13)12(11-6)7-5-9-2-3-10-7/h2-3,5H,4H2,1H3. The average Bonchev–Trinajstić information content (AvgIpc) is 2.47. The van der Waals surface area contributed by atoms with Gasteiger partial charge in [-0.25, -0.2) is 4.98 Å². The van der Waals surface area contributed by atoms with Crippen LogP contribution in [0.3, 0.4) is 0 Å². The van der Waals surface area contributed by atoms with Gasteiger partial charge in [0.2, 0.25) is 0 Å². The number of hydrogen-bond donors (Lipinski definition) is 0. The number of hydrazone groups is 1. The highest BCUT2D eigenvalue weighted by Crippen LogP contribution is 2.15. The van der Waals surface area contributed by atoms with Gasteiger partial charge in [-0.3, -0.25) is 9.78 Å². The van der Waals surface area contributed by atoms with E-state index < -0.39 is 0 Å². The molecule has 0 N–H and O–H groups in total. The molecule has 2 rings (SSSR count). The molecule has 66 valence electrons. The van der Waals surface area contributed by atoms with Crippen molar-refractivity contribution in [2.45, 2.75) is 13.3 Å². The first-order chi connectivity index (χ1) is 6.27. The molecule has 5 heteroatoms. The van der Waals surface area contributed by atoms with Gasteiger partial charge in [-0.2, -0.15) is 10.1 Å². The second-order valence-electron chi connectivity index (χ2n) is 2.78. The molecular formula is C8H8N4O. The van der Waals surface area contributed by atoms with Gasteiger partial charge in [0.1, 0.15) is 0 Å². The van der Waals surface area contributed by atoms with Crippen LogP contribution in [0.5, 0.6) is 0 Å². The summed E-state index contributed by atoms with van der Waals surface area (Å²) in [5.41, 5.74) is 0.802. The van der Waals surface area contributed by atoms with Crippen LogP contribution >= 0.6 is 0 Å². The Labute approximate surface area is 75.1 Å². The third kappa shape index (κ3) is 1.40. The first-order valence-electron chi connectivity index (χ1n) is 3.90. The molecule has 2 heterocycles. The summed E-state index contributed by atoms with van der Waals surface area (Å²) in [5, 5.41) is 5.32. The van der Waals surface area contributed by atoms with Gasteiger partial charge in [0.15, 0.2) is 5.82 Å². The van der Waals surface area contributed by atoms with Gasteiger partial charge in [0, 0.05) is 18.1 Å². The van der Waals surface area contributed by atoms with E-state index in [0.717, 1.165) is 5.71 Å². The highest BCUT2D eigenvalue weighted by Gasteiger charge is 2.23. The van der Waals surface area contributed by atoms with Crippen molar-refractivity contribution in [3.05, 3.63) is 18.6 Å². The molecule has 0 spiro atoms. The molecule has 0 unspecified atom stereocenters. The highest BCUT2D eigenvalue weighted by molar-refractivity contribution is 6.11. The average molecular weight is 176 g/mol. The normalized spacial score (nSPS) is 16.2. The largest absolute Gasteiger partial charge is 0.272 e. The molecule has 5 nitrogen and oxygen atoms in total. The van der Waals surface area contributed by atoms with Crippen LogP contribution < -0.4 is 5.01 Å². The lowest BCUT2D eigenvalue weighted by molar-refractivity contribution is -0.116. The summed E-state index contributed by atoms with van der Waals surface area (Å²) in [6.07, 6.45) is 4.98. The van der Waals surface area contributed by atoms with E-state index in [0.29, 0.717) is 12.2 Å². The smallest absolute Gasteiger partial charge is 0.254 e. The van der Waals surface area contributed by atoms with Crippen LogP contribution in [0.4, 0.5) is 5.82 Å². The summed E-state index contributed by atoms with van der Waals surface area (Å²) in [6.45, 7) is 1.81. The van der Waals surface area contributed by atoms with Crippen LogP contribution in [-0.2, 0) is 4.79 Å².